The molecule has 0 amide bonds. The summed E-state index contributed by atoms with van der Waals surface area (Å²) in [6, 6.07) is 21.0. The number of rotatable bonds is 4. The Morgan fingerprint density at radius 1 is 1.07 bits per heavy atom. The summed E-state index contributed by atoms with van der Waals surface area (Å²) in [7, 11) is 2.14. The van der Waals surface area contributed by atoms with Gasteiger partial charge in [0.25, 0.3) is 0 Å². The van der Waals surface area contributed by atoms with E-state index in [0.29, 0.717) is 6.73 Å². The number of fused-ring (bicyclic) bond motifs is 1. The summed E-state index contributed by atoms with van der Waals surface area (Å²) in [5, 5.41) is 2.37. The molecule has 3 aromatic rings. The molecular formula is C23H26N3O2+. The zero-order chi connectivity index (χ0) is 19.6. The van der Waals surface area contributed by atoms with Crippen LogP contribution in [0.5, 0.6) is 0 Å². The highest BCUT2D eigenvalue weighted by Gasteiger charge is 2.30. The Kier molecular flexibility index (Phi) is 5.01. The number of benzene rings is 2. The van der Waals surface area contributed by atoms with Gasteiger partial charge in [-0.15, -0.1) is 0 Å². The molecule has 1 aromatic heterocycles. The highest BCUT2D eigenvalue weighted by Crippen LogP contribution is 2.31. The SMILES string of the molecule is CC(=O)OC[N+]1(C)CCN(c2cc3ccccc3c(-c3ccccc3)n2)CC1. The summed E-state index contributed by atoms with van der Waals surface area (Å²) < 4.78 is 6.00. The predicted molar refractivity (Wildman–Crippen MR) is 112 cm³/mol. The van der Waals surface area contributed by atoms with E-state index in [9.17, 15) is 4.79 Å². The molecule has 1 saturated heterocycles. The quantitative estimate of drug-likeness (QED) is 0.514. The van der Waals surface area contributed by atoms with E-state index in [4.69, 9.17) is 9.72 Å². The number of anilines is 1. The van der Waals surface area contributed by atoms with E-state index in [1.807, 2.05) is 6.07 Å². The van der Waals surface area contributed by atoms with Gasteiger partial charge in [-0.25, -0.2) is 4.98 Å². The molecule has 144 valence electrons. The van der Waals surface area contributed by atoms with Gasteiger partial charge in [-0.3, -0.25) is 9.28 Å². The molecule has 0 unspecified atom stereocenters. The Hall–Kier alpha value is -2.92. The van der Waals surface area contributed by atoms with Crippen molar-refractivity contribution in [2.45, 2.75) is 6.92 Å². The molecule has 2 aromatic carbocycles. The zero-order valence-electron chi connectivity index (χ0n) is 16.5. The van der Waals surface area contributed by atoms with E-state index in [0.717, 1.165) is 47.7 Å². The first-order chi connectivity index (χ1) is 13.5. The largest absolute Gasteiger partial charge is 0.415 e. The molecule has 1 fully saturated rings. The van der Waals surface area contributed by atoms with Crippen LogP contribution in [0.15, 0.2) is 60.7 Å². The minimum absolute atomic E-state index is 0.217. The number of ether oxygens (including phenoxy) is 1. The number of carbonyl (C=O) groups excluding carboxylic acids is 1. The van der Waals surface area contributed by atoms with Crippen molar-refractivity contribution in [1.82, 2.24) is 4.98 Å². The van der Waals surface area contributed by atoms with E-state index in [2.05, 4.69) is 66.5 Å². The smallest absolute Gasteiger partial charge is 0.306 e. The van der Waals surface area contributed by atoms with Crippen LogP contribution in [0, 0.1) is 0 Å². The molecule has 0 saturated carbocycles. The van der Waals surface area contributed by atoms with Crippen LogP contribution in [-0.2, 0) is 9.53 Å². The van der Waals surface area contributed by atoms with Gasteiger partial charge >= 0.3 is 5.97 Å². The summed E-state index contributed by atoms with van der Waals surface area (Å²) in [6.45, 7) is 5.51. The molecule has 4 rings (SSSR count). The maximum Gasteiger partial charge on any atom is 0.306 e. The Morgan fingerprint density at radius 3 is 2.46 bits per heavy atom. The fourth-order valence-corrected chi connectivity index (χ4v) is 3.72. The second-order valence-corrected chi connectivity index (χ2v) is 7.74. The lowest BCUT2D eigenvalue weighted by atomic mass is 10.0. The van der Waals surface area contributed by atoms with Crippen LogP contribution in [0.25, 0.3) is 22.0 Å². The monoisotopic (exact) mass is 376 g/mol. The zero-order valence-corrected chi connectivity index (χ0v) is 16.5. The van der Waals surface area contributed by atoms with Gasteiger partial charge in [0.2, 0.25) is 6.73 Å². The lowest BCUT2D eigenvalue weighted by molar-refractivity contribution is -0.926. The number of hydrogen-bond donors (Lipinski definition) is 0. The second-order valence-electron chi connectivity index (χ2n) is 7.74. The number of aromatic nitrogens is 1. The van der Waals surface area contributed by atoms with E-state index < -0.39 is 0 Å². The number of likely N-dealkylation sites (N-methyl/N-ethyl adjacent to an activating group) is 1. The predicted octanol–water partition coefficient (Wildman–Crippen LogP) is 3.69. The average Bonchev–Trinajstić information content (AvgIpc) is 2.73. The van der Waals surface area contributed by atoms with Crippen molar-refractivity contribution >= 4 is 22.6 Å². The van der Waals surface area contributed by atoms with Crippen LogP contribution < -0.4 is 4.90 Å². The number of quaternary nitrogens is 1. The third-order valence-corrected chi connectivity index (χ3v) is 5.50. The Bertz CT molecular complexity index is 980. The van der Waals surface area contributed by atoms with Gasteiger partial charge in [0.05, 0.1) is 38.9 Å². The lowest BCUT2D eigenvalue weighted by Crippen LogP contribution is -2.58. The van der Waals surface area contributed by atoms with Gasteiger partial charge in [0.1, 0.15) is 5.82 Å². The Labute approximate surface area is 165 Å². The first-order valence-electron chi connectivity index (χ1n) is 9.71. The molecule has 0 atom stereocenters. The van der Waals surface area contributed by atoms with E-state index in [1.165, 1.54) is 17.7 Å². The van der Waals surface area contributed by atoms with Crippen molar-refractivity contribution in [3.63, 3.8) is 0 Å². The molecule has 0 aliphatic carbocycles. The van der Waals surface area contributed by atoms with Gasteiger partial charge in [-0.2, -0.15) is 0 Å². The topological polar surface area (TPSA) is 42.4 Å². The molecule has 0 bridgehead atoms. The van der Waals surface area contributed by atoms with E-state index in [-0.39, 0.29) is 5.97 Å². The number of carbonyl (C=O) groups is 1. The third kappa shape index (κ3) is 3.85. The summed E-state index contributed by atoms with van der Waals surface area (Å²) in [6.07, 6.45) is 0. The standard InChI is InChI=1S/C23H26N3O2/c1-18(27)28-17-26(2)14-12-25(13-15-26)22-16-20-10-6-7-11-21(20)23(24-22)19-8-4-3-5-9-19/h3-11,16H,12-15,17H2,1-2H3/q+1. The lowest BCUT2D eigenvalue weighted by Gasteiger charge is -2.41. The summed E-state index contributed by atoms with van der Waals surface area (Å²) >= 11 is 0. The van der Waals surface area contributed by atoms with Crippen molar-refractivity contribution in [2.75, 3.05) is 44.9 Å². The molecule has 0 radical (unpaired) electrons. The molecular weight excluding hydrogens is 350 g/mol. The highest BCUT2D eigenvalue weighted by atomic mass is 16.5. The highest BCUT2D eigenvalue weighted by molar-refractivity contribution is 5.96. The number of hydrogen-bond acceptors (Lipinski definition) is 4. The number of esters is 1. The minimum Gasteiger partial charge on any atom is -0.415 e. The van der Waals surface area contributed by atoms with Crippen LogP contribution in [0.1, 0.15) is 6.92 Å². The van der Waals surface area contributed by atoms with Gasteiger partial charge < -0.3 is 9.64 Å². The Morgan fingerprint density at radius 2 is 1.75 bits per heavy atom. The maximum absolute atomic E-state index is 11.2. The molecule has 5 nitrogen and oxygen atoms in total. The van der Waals surface area contributed by atoms with Crippen molar-refractivity contribution in [3.8, 4) is 11.3 Å². The Balaban J connectivity index is 1.63. The number of pyridine rings is 1. The molecule has 1 aliphatic rings. The van der Waals surface area contributed by atoms with Crippen LogP contribution in [0.4, 0.5) is 5.82 Å². The van der Waals surface area contributed by atoms with Crippen molar-refractivity contribution in [2.24, 2.45) is 0 Å². The first kappa shape index (κ1) is 18.4. The van der Waals surface area contributed by atoms with E-state index in [1.54, 1.807) is 0 Å². The number of piperazine rings is 1. The van der Waals surface area contributed by atoms with Gasteiger partial charge in [-0.1, -0.05) is 54.6 Å². The van der Waals surface area contributed by atoms with Crippen LogP contribution in [0.2, 0.25) is 0 Å². The first-order valence-corrected chi connectivity index (χ1v) is 9.71. The van der Waals surface area contributed by atoms with Crippen molar-refractivity contribution in [3.05, 3.63) is 60.7 Å². The van der Waals surface area contributed by atoms with Crippen LogP contribution >= 0.6 is 0 Å². The summed E-state index contributed by atoms with van der Waals surface area (Å²) in [5.74, 6) is 0.793. The molecule has 0 N–H and O–H groups in total. The van der Waals surface area contributed by atoms with Gasteiger partial charge in [-0.05, 0) is 11.5 Å². The average molecular weight is 376 g/mol. The molecule has 0 spiro atoms. The molecule has 5 heteroatoms. The number of nitrogens with zero attached hydrogens (tertiary/aromatic N) is 3. The van der Waals surface area contributed by atoms with Gasteiger partial charge in [0.15, 0.2) is 0 Å². The van der Waals surface area contributed by atoms with Crippen molar-refractivity contribution < 1.29 is 14.0 Å². The summed E-state index contributed by atoms with van der Waals surface area (Å²) in [5.41, 5.74) is 2.16. The van der Waals surface area contributed by atoms with Crippen LogP contribution in [0.3, 0.4) is 0 Å². The van der Waals surface area contributed by atoms with Crippen molar-refractivity contribution in [1.29, 1.82) is 0 Å². The summed E-state index contributed by atoms with van der Waals surface area (Å²) in [4.78, 5) is 18.5. The van der Waals surface area contributed by atoms with Gasteiger partial charge in [0, 0.05) is 17.9 Å². The minimum atomic E-state index is -0.217. The van der Waals surface area contributed by atoms with E-state index >= 15 is 0 Å². The molecule has 2 heterocycles. The molecule has 28 heavy (non-hydrogen) atoms. The fraction of sp³-hybridized carbons (Fsp3) is 0.304. The normalized spacial score (nSPS) is 16.1. The fourth-order valence-electron chi connectivity index (χ4n) is 3.72. The maximum atomic E-state index is 11.2. The molecule has 1 aliphatic heterocycles. The second kappa shape index (κ2) is 7.60. The van der Waals surface area contributed by atoms with Crippen LogP contribution in [-0.4, -0.2) is 55.4 Å². The third-order valence-electron chi connectivity index (χ3n) is 5.50.